The maximum atomic E-state index is 6.58. The van der Waals surface area contributed by atoms with Gasteiger partial charge in [0.2, 0.25) is 0 Å². The Morgan fingerprint density at radius 3 is 2.11 bits per heavy atom. The zero-order valence-corrected chi connectivity index (χ0v) is 31.0. The first kappa shape index (κ1) is 32.3. The van der Waals surface area contributed by atoms with Crippen LogP contribution in [0.4, 0.5) is 17.1 Å². The van der Waals surface area contributed by atoms with Gasteiger partial charge in [-0.3, -0.25) is 0 Å². The highest BCUT2D eigenvalue weighted by molar-refractivity contribution is 6.15. The number of benzene rings is 8. The van der Waals surface area contributed by atoms with Crippen molar-refractivity contribution in [1.82, 2.24) is 4.57 Å². The van der Waals surface area contributed by atoms with Gasteiger partial charge < -0.3 is 14.2 Å². The van der Waals surface area contributed by atoms with Crippen molar-refractivity contribution in [1.29, 1.82) is 0 Å². The van der Waals surface area contributed by atoms with Crippen molar-refractivity contribution in [3.05, 3.63) is 212 Å². The molecule has 56 heavy (non-hydrogen) atoms. The lowest BCUT2D eigenvalue weighted by atomic mass is 9.76. The second-order valence-electron chi connectivity index (χ2n) is 15.0. The van der Waals surface area contributed by atoms with Gasteiger partial charge in [-0.1, -0.05) is 152 Å². The normalized spacial score (nSPS) is 16.9. The second kappa shape index (κ2) is 12.8. The Labute approximate surface area is 326 Å². The Kier molecular flexibility index (Phi) is 7.36. The van der Waals surface area contributed by atoms with E-state index in [1.165, 1.54) is 49.3 Å². The van der Waals surface area contributed by atoms with E-state index < -0.39 is 0 Å². The monoisotopic (exact) mass is 718 g/mol. The van der Waals surface area contributed by atoms with Crippen molar-refractivity contribution in [3.63, 3.8) is 0 Å². The number of rotatable bonds is 6. The van der Waals surface area contributed by atoms with Gasteiger partial charge in [-0.2, -0.15) is 0 Å². The number of hydrogen-bond donors (Lipinski definition) is 0. The lowest BCUT2D eigenvalue weighted by molar-refractivity contribution is 0.228. The fraction of sp³-hybridized carbons (Fsp3) is 0.0566. The Bertz CT molecular complexity index is 3020. The van der Waals surface area contributed by atoms with Gasteiger partial charge in [0.15, 0.2) is 0 Å². The molecule has 1 aliphatic carbocycles. The molecule has 2 heterocycles. The Hall–Kier alpha value is -7.10. The molecule has 0 N–H and O–H groups in total. The van der Waals surface area contributed by atoms with E-state index in [-0.39, 0.29) is 11.5 Å². The van der Waals surface area contributed by atoms with E-state index in [1.807, 2.05) is 0 Å². The molecule has 2 atom stereocenters. The maximum absolute atomic E-state index is 6.58. The zero-order valence-electron chi connectivity index (χ0n) is 31.0. The van der Waals surface area contributed by atoms with Gasteiger partial charge >= 0.3 is 0 Å². The molecule has 0 saturated heterocycles. The van der Waals surface area contributed by atoms with Crippen LogP contribution in [-0.2, 0) is 5.41 Å². The minimum atomic E-state index is -0.281. The molecule has 2 aliphatic rings. The van der Waals surface area contributed by atoms with Crippen LogP contribution in [-0.4, -0.2) is 10.7 Å². The van der Waals surface area contributed by atoms with Crippen LogP contribution in [0.5, 0.6) is 5.75 Å². The van der Waals surface area contributed by atoms with Crippen molar-refractivity contribution < 1.29 is 4.74 Å². The fourth-order valence-corrected chi connectivity index (χ4v) is 9.19. The first-order valence-corrected chi connectivity index (χ1v) is 19.4. The molecule has 0 spiro atoms. The zero-order chi connectivity index (χ0) is 37.2. The van der Waals surface area contributed by atoms with Gasteiger partial charge in [-0.25, -0.2) is 0 Å². The van der Waals surface area contributed by atoms with E-state index in [9.17, 15) is 0 Å². The summed E-state index contributed by atoms with van der Waals surface area (Å²) in [4.78, 5) is 2.49. The first-order valence-electron chi connectivity index (χ1n) is 19.4. The standard InChI is InChI=1S/C53H38N2O/c1-53-34-13-12-31-50(53)56-49-33-32-39(35-45(49)53)54(48-30-16-27-44-42-24-9-11-29-47(42)55(52(44)48)38-21-6-3-7-22-38)46-28-10-8-23-41(46)43-26-15-20-37-19-14-25-40(51(37)43)36-17-4-2-5-18-36/h2-35,50H,1H3. The average Bonchev–Trinajstić information content (AvgIpc) is 3.76. The van der Waals surface area contributed by atoms with E-state index in [1.54, 1.807) is 0 Å². The van der Waals surface area contributed by atoms with E-state index in [4.69, 9.17) is 4.74 Å². The van der Waals surface area contributed by atoms with E-state index >= 15 is 0 Å². The maximum Gasteiger partial charge on any atom is 0.130 e. The van der Waals surface area contributed by atoms with Gasteiger partial charge in [0.25, 0.3) is 0 Å². The number of hydrogen-bond acceptors (Lipinski definition) is 2. The van der Waals surface area contributed by atoms with Crippen LogP contribution in [0.1, 0.15) is 12.5 Å². The van der Waals surface area contributed by atoms with Gasteiger partial charge in [0.05, 0.1) is 27.8 Å². The highest BCUT2D eigenvalue weighted by Gasteiger charge is 2.43. The van der Waals surface area contributed by atoms with Gasteiger partial charge in [0.1, 0.15) is 11.9 Å². The molecule has 8 aromatic carbocycles. The van der Waals surface area contributed by atoms with Crippen LogP contribution < -0.4 is 9.64 Å². The summed E-state index contributed by atoms with van der Waals surface area (Å²) in [6.07, 6.45) is 8.67. The van der Waals surface area contributed by atoms with Crippen molar-refractivity contribution in [3.8, 4) is 33.7 Å². The van der Waals surface area contributed by atoms with Crippen molar-refractivity contribution >= 4 is 49.6 Å². The SMILES string of the molecule is CC12C=CC=CC1Oc1ccc(N(c3ccccc3-c3cccc4cccc(-c5ccccc5)c34)c3cccc4c5ccccc5n(-c5ccccc5)c34)cc12. The molecule has 266 valence electrons. The summed E-state index contributed by atoms with van der Waals surface area (Å²) in [5.41, 5.74) is 12.4. The third-order valence-corrected chi connectivity index (χ3v) is 11.8. The molecule has 0 fully saturated rings. The lowest BCUT2D eigenvalue weighted by Crippen LogP contribution is -2.32. The van der Waals surface area contributed by atoms with E-state index in [0.717, 1.165) is 39.6 Å². The van der Waals surface area contributed by atoms with Crippen LogP contribution in [0.3, 0.4) is 0 Å². The number of nitrogens with zero attached hydrogens (tertiary/aromatic N) is 2. The van der Waals surface area contributed by atoms with Gasteiger partial charge in [-0.15, -0.1) is 0 Å². The minimum absolute atomic E-state index is 0.0466. The second-order valence-corrected chi connectivity index (χ2v) is 15.0. The summed E-state index contributed by atoms with van der Waals surface area (Å²) in [6.45, 7) is 2.29. The molecule has 11 rings (SSSR count). The molecule has 1 aromatic heterocycles. The molecule has 3 nitrogen and oxygen atoms in total. The van der Waals surface area contributed by atoms with Crippen LogP contribution in [0.15, 0.2) is 206 Å². The Balaban J connectivity index is 1.24. The molecule has 9 aromatic rings. The van der Waals surface area contributed by atoms with Crippen LogP contribution in [0, 0.1) is 0 Å². The highest BCUT2D eigenvalue weighted by atomic mass is 16.5. The molecule has 0 saturated carbocycles. The van der Waals surface area contributed by atoms with Crippen molar-refractivity contribution in [2.75, 3.05) is 4.90 Å². The van der Waals surface area contributed by atoms with Crippen molar-refractivity contribution in [2.24, 2.45) is 0 Å². The number of para-hydroxylation sites is 4. The fourth-order valence-electron chi connectivity index (χ4n) is 9.19. The molecule has 3 heteroatoms. The Morgan fingerprint density at radius 2 is 1.25 bits per heavy atom. The third kappa shape index (κ3) is 4.91. The molecule has 0 bridgehead atoms. The smallest absolute Gasteiger partial charge is 0.130 e. The Morgan fingerprint density at radius 1 is 0.571 bits per heavy atom. The van der Waals surface area contributed by atoms with Crippen molar-refractivity contribution in [2.45, 2.75) is 18.4 Å². The van der Waals surface area contributed by atoms with E-state index in [0.29, 0.717) is 0 Å². The summed E-state index contributed by atoms with van der Waals surface area (Å²) in [7, 11) is 0. The summed E-state index contributed by atoms with van der Waals surface area (Å²) in [6, 6.07) is 66.1. The summed E-state index contributed by atoms with van der Waals surface area (Å²) in [5, 5.41) is 4.88. The molecule has 1 aliphatic heterocycles. The van der Waals surface area contributed by atoms with Gasteiger partial charge in [0, 0.05) is 33.3 Å². The molecule has 0 radical (unpaired) electrons. The quantitative estimate of drug-likeness (QED) is 0.170. The minimum Gasteiger partial charge on any atom is -0.485 e. The molecular formula is C53H38N2O. The van der Waals surface area contributed by atoms with Gasteiger partial charge in [-0.05, 0) is 89.0 Å². The van der Waals surface area contributed by atoms with E-state index in [2.05, 4.69) is 223 Å². The van der Waals surface area contributed by atoms with Crippen LogP contribution >= 0.6 is 0 Å². The number of aromatic nitrogens is 1. The molecule has 0 amide bonds. The molecular weight excluding hydrogens is 681 g/mol. The van der Waals surface area contributed by atoms with Crippen LogP contribution in [0.25, 0.3) is 60.5 Å². The van der Waals surface area contributed by atoms with Crippen LogP contribution in [0.2, 0.25) is 0 Å². The number of ether oxygens (including phenoxy) is 1. The number of fused-ring (bicyclic) bond motifs is 7. The lowest BCUT2D eigenvalue weighted by Gasteiger charge is -2.31. The predicted molar refractivity (Wildman–Crippen MR) is 234 cm³/mol. The number of allylic oxidation sites excluding steroid dienone is 2. The topological polar surface area (TPSA) is 17.4 Å². The average molecular weight is 719 g/mol. The molecule has 2 unspecified atom stereocenters. The largest absolute Gasteiger partial charge is 0.485 e. The summed E-state index contributed by atoms with van der Waals surface area (Å²) in [5.74, 6) is 0.934. The predicted octanol–water partition coefficient (Wildman–Crippen LogP) is 13.9. The number of anilines is 3. The third-order valence-electron chi connectivity index (χ3n) is 11.8. The first-order chi connectivity index (χ1) is 27.7. The highest BCUT2D eigenvalue weighted by Crippen LogP contribution is 2.52. The summed E-state index contributed by atoms with van der Waals surface area (Å²) < 4.78 is 9.02. The summed E-state index contributed by atoms with van der Waals surface area (Å²) >= 11 is 0.